The lowest BCUT2D eigenvalue weighted by molar-refractivity contribution is 0.386. The average Bonchev–Trinajstić information content (AvgIpc) is 2.35. The molecule has 0 aliphatic rings. The van der Waals surface area contributed by atoms with Gasteiger partial charge in [0.1, 0.15) is 0 Å². The fourth-order valence-electron chi connectivity index (χ4n) is 0.801. The van der Waals surface area contributed by atoms with Crippen LogP contribution in [0, 0.1) is 6.92 Å². The monoisotopic (exact) mass is 167 g/mol. The maximum atomic E-state index is 4.80. The molecule has 0 unspecified atom stereocenters. The highest BCUT2D eigenvalue weighted by Gasteiger charge is 1.99. The molecule has 12 heavy (non-hydrogen) atoms. The zero-order valence-electron chi connectivity index (χ0n) is 7.42. The van der Waals surface area contributed by atoms with Crippen LogP contribution in [0.15, 0.2) is 16.7 Å². The first-order chi connectivity index (χ1) is 5.68. The van der Waals surface area contributed by atoms with E-state index in [0.29, 0.717) is 18.3 Å². The van der Waals surface area contributed by atoms with Gasteiger partial charge in [-0.05, 0) is 6.92 Å². The summed E-state index contributed by atoms with van der Waals surface area (Å²) in [4.78, 5) is 4.04. The second-order valence-corrected chi connectivity index (χ2v) is 2.79. The summed E-state index contributed by atoms with van der Waals surface area (Å²) in [6.07, 6.45) is 0. The van der Waals surface area contributed by atoms with E-state index in [1.807, 2.05) is 6.92 Å². The molecule has 0 aromatic carbocycles. The van der Waals surface area contributed by atoms with E-state index in [-0.39, 0.29) is 0 Å². The first-order valence-electron chi connectivity index (χ1n) is 3.83. The lowest BCUT2D eigenvalue weighted by Crippen LogP contribution is -2.15. The summed E-state index contributed by atoms with van der Waals surface area (Å²) < 4.78 is 4.80. The molecule has 1 aromatic rings. The molecular weight excluding hydrogens is 154 g/mol. The van der Waals surface area contributed by atoms with Crippen LogP contribution in [0.2, 0.25) is 0 Å². The van der Waals surface area contributed by atoms with Gasteiger partial charge in [0.05, 0.1) is 6.54 Å². The van der Waals surface area contributed by atoms with Gasteiger partial charge < -0.3 is 9.84 Å². The Morgan fingerprint density at radius 3 is 2.92 bits per heavy atom. The summed E-state index contributed by atoms with van der Waals surface area (Å²) in [6.45, 7) is 8.92. The predicted molar refractivity (Wildman–Crippen MR) is 45.6 cm³/mol. The van der Waals surface area contributed by atoms with Gasteiger partial charge in [0.25, 0.3) is 0 Å². The second kappa shape index (κ2) is 4.01. The lowest BCUT2D eigenvalue weighted by Gasteiger charge is -1.98. The van der Waals surface area contributed by atoms with Crippen molar-refractivity contribution in [3.8, 4) is 0 Å². The molecule has 0 radical (unpaired) electrons. The maximum absolute atomic E-state index is 4.80. The molecule has 0 aliphatic carbocycles. The zero-order valence-corrected chi connectivity index (χ0v) is 7.42. The number of aryl methyl sites for hydroxylation is 1. The van der Waals surface area contributed by atoms with E-state index in [0.717, 1.165) is 12.1 Å². The molecule has 0 spiro atoms. The van der Waals surface area contributed by atoms with Crippen LogP contribution >= 0.6 is 0 Å². The minimum Gasteiger partial charge on any atom is -0.340 e. The van der Waals surface area contributed by atoms with Crippen molar-refractivity contribution in [2.45, 2.75) is 20.4 Å². The molecule has 0 saturated carbocycles. The van der Waals surface area contributed by atoms with Gasteiger partial charge in [-0.15, -0.1) is 0 Å². The minimum atomic E-state index is 0.599. The Bertz CT molecular complexity index is 267. The molecule has 1 rings (SSSR count). The van der Waals surface area contributed by atoms with Gasteiger partial charge in [0.15, 0.2) is 5.82 Å². The average molecular weight is 167 g/mol. The molecule has 0 amide bonds. The Morgan fingerprint density at radius 1 is 1.67 bits per heavy atom. The number of nitrogens with zero attached hydrogens (tertiary/aromatic N) is 2. The number of rotatable bonds is 4. The van der Waals surface area contributed by atoms with Crippen molar-refractivity contribution in [3.63, 3.8) is 0 Å². The Morgan fingerprint density at radius 2 is 2.42 bits per heavy atom. The standard InChI is InChI=1S/C8H13N3O/c1-6(2)4-9-5-8-10-7(3)12-11-8/h9H,1,4-5H2,2-3H3. The largest absolute Gasteiger partial charge is 0.340 e. The van der Waals surface area contributed by atoms with Crippen LogP contribution in [0.25, 0.3) is 0 Å². The fourth-order valence-corrected chi connectivity index (χ4v) is 0.801. The van der Waals surface area contributed by atoms with Gasteiger partial charge >= 0.3 is 0 Å². The molecular formula is C8H13N3O. The Balaban J connectivity index is 2.29. The second-order valence-electron chi connectivity index (χ2n) is 2.79. The highest BCUT2D eigenvalue weighted by Crippen LogP contribution is 1.94. The van der Waals surface area contributed by atoms with E-state index in [9.17, 15) is 0 Å². The molecule has 0 atom stereocenters. The third-order valence-corrected chi connectivity index (χ3v) is 1.28. The molecule has 0 aliphatic heterocycles. The van der Waals surface area contributed by atoms with Crippen molar-refractivity contribution in [2.24, 2.45) is 0 Å². The van der Waals surface area contributed by atoms with Crippen LogP contribution in [0.4, 0.5) is 0 Å². The van der Waals surface area contributed by atoms with E-state index < -0.39 is 0 Å². The molecule has 1 heterocycles. The fraction of sp³-hybridized carbons (Fsp3) is 0.500. The van der Waals surface area contributed by atoms with Crippen LogP contribution in [0.1, 0.15) is 18.6 Å². The van der Waals surface area contributed by atoms with Gasteiger partial charge in [-0.1, -0.05) is 17.3 Å². The van der Waals surface area contributed by atoms with Gasteiger partial charge in [0.2, 0.25) is 5.89 Å². The lowest BCUT2D eigenvalue weighted by atomic mass is 10.3. The predicted octanol–water partition coefficient (Wildman–Crippen LogP) is 1.04. The van der Waals surface area contributed by atoms with Gasteiger partial charge in [0, 0.05) is 13.5 Å². The van der Waals surface area contributed by atoms with Crippen LogP contribution < -0.4 is 5.32 Å². The Labute approximate surface area is 71.7 Å². The van der Waals surface area contributed by atoms with Crippen molar-refractivity contribution in [1.29, 1.82) is 0 Å². The smallest absolute Gasteiger partial charge is 0.223 e. The molecule has 66 valence electrons. The van der Waals surface area contributed by atoms with Crippen LogP contribution in [0.3, 0.4) is 0 Å². The Hall–Kier alpha value is -1.16. The first-order valence-corrected chi connectivity index (χ1v) is 3.83. The number of aromatic nitrogens is 2. The summed E-state index contributed by atoms with van der Waals surface area (Å²) >= 11 is 0. The highest BCUT2D eigenvalue weighted by molar-refractivity contribution is 4.92. The summed E-state index contributed by atoms with van der Waals surface area (Å²) in [7, 11) is 0. The molecule has 0 saturated heterocycles. The van der Waals surface area contributed by atoms with Crippen LogP contribution in [-0.2, 0) is 6.54 Å². The molecule has 4 heteroatoms. The normalized spacial score (nSPS) is 10.2. The van der Waals surface area contributed by atoms with E-state index in [1.54, 1.807) is 6.92 Å². The van der Waals surface area contributed by atoms with Crippen molar-refractivity contribution in [3.05, 3.63) is 23.9 Å². The number of hydrogen-bond donors (Lipinski definition) is 1. The third kappa shape index (κ3) is 2.84. The quantitative estimate of drug-likeness (QED) is 0.681. The van der Waals surface area contributed by atoms with Gasteiger partial charge in [-0.25, -0.2) is 0 Å². The van der Waals surface area contributed by atoms with Crippen LogP contribution in [0.5, 0.6) is 0 Å². The first kappa shape index (κ1) is 8.93. The topological polar surface area (TPSA) is 51.0 Å². The van der Waals surface area contributed by atoms with E-state index in [4.69, 9.17) is 4.52 Å². The number of nitrogens with one attached hydrogen (secondary N) is 1. The third-order valence-electron chi connectivity index (χ3n) is 1.28. The van der Waals surface area contributed by atoms with Crippen molar-refractivity contribution in [2.75, 3.05) is 6.54 Å². The van der Waals surface area contributed by atoms with E-state index in [2.05, 4.69) is 22.0 Å². The molecule has 4 nitrogen and oxygen atoms in total. The van der Waals surface area contributed by atoms with Gasteiger partial charge in [-0.3, -0.25) is 0 Å². The van der Waals surface area contributed by atoms with Crippen molar-refractivity contribution < 1.29 is 4.52 Å². The molecule has 1 aromatic heterocycles. The van der Waals surface area contributed by atoms with E-state index >= 15 is 0 Å². The summed E-state index contributed by atoms with van der Waals surface area (Å²) in [5, 5.41) is 6.86. The minimum absolute atomic E-state index is 0.599. The van der Waals surface area contributed by atoms with Crippen molar-refractivity contribution in [1.82, 2.24) is 15.5 Å². The van der Waals surface area contributed by atoms with Crippen LogP contribution in [-0.4, -0.2) is 16.7 Å². The number of hydrogen-bond acceptors (Lipinski definition) is 4. The van der Waals surface area contributed by atoms with Gasteiger partial charge in [-0.2, -0.15) is 4.98 Å². The Kier molecular flexibility index (Phi) is 2.99. The summed E-state index contributed by atoms with van der Waals surface area (Å²) in [5.74, 6) is 1.29. The molecule has 0 bridgehead atoms. The maximum Gasteiger partial charge on any atom is 0.223 e. The summed E-state index contributed by atoms with van der Waals surface area (Å²) in [5.41, 5.74) is 1.09. The summed E-state index contributed by atoms with van der Waals surface area (Å²) in [6, 6.07) is 0. The highest BCUT2D eigenvalue weighted by atomic mass is 16.5. The SMILES string of the molecule is C=C(C)CNCc1noc(C)n1. The zero-order chi connectivity index (χ0) is 8.97. The van der Waals surface area contributed by atoms with Crippen molar-refractivity contribution >= 4 is 0 Å². The molecule has 1 N–H and O–H groups in total. The molecule has 0 fully saturated rings. The van der Waals surface area contributed by atoms with E-state index in [1.165, 1.54) is 0 Å².